The average Bonchev–Trinajstić information content (AvgIpc) is 3.19. The van der Waals surface area contributed by atoms with E-state index in [1.165, 1.54) is 12.1 Å². The number of rotatable bonds is 8. The molecular weight excluding hydrogens is 417 g/mol. The van der Waals surface area contributed by atoms with Crippen molar-refractivity contribution in [3.8, 4) is 0 Å². The number of benzene rings is 1. The molecule has 170 valence electrons. The van der Waals surface area contributed by atoms with Crippen LogP contribution < -0.4 is 5.32 Å². The summed E-state index contributed by atoms with van der Waals surface area (Å²) in [4.78, 5) is 20.2. The molecule has 4 aromatic rings. The number of nitrogens with one attached hydrogen (secondary N) is 1. The maximum absolute atomic E-state index is 13.4. The minimum absolute atomic E-state index is 0.214. The Morgan fingerprint density at radius 2 is 1.79 bits per heavy atom. The highest BCUT2D eigenvalue weighted by molar-refractivity contribution is 5.74. The van der Waals surface area contributed by atoms with Crippen LogP contribution >= 0.6 is 0 Å². The third kappa shape index (κ3) is 5.34. The number of hydrogen-bond acceptors (Lipinski definition) is 6. The number of pyridine rings is 1. The lowest BCUT2D eigenvalue weighted by molar-refractivity contribution is 0.188. The van der Waals surface area contributed by atoms with E-state index in [1.807, 2.05) is 30.5 Å². The standard InChI is InChI=1S/C25H28FN7/c26-21-4-2-20(3-5-21)18-33-23-17-27-11-6-22(23)31-24(33)16-19-7-13-32(14-8-19)15-12-30-25-28-9-1-10-29-25/h1-6,9-11,17,19H,7-8,12-16,18H2,(H,28,29,30). The number of imidazole rings is 1. The minimum atomic E-state index is -0.214. The fourth-order valence-electron chi connectivity index (χ4n) is 4.51. The van der Waals surface area contributed by atoms with Gasteiger partial charge in [-0.25, -0.2) is 19.3 Å². The van der Waals surface area contributed by atoms with E-state index in [9.17, 15) is 4.39 Å². The van der Waals surface area contributed by atoms with E-state index in [-0.39, 0.29) is 5.82 Å². The Hall–Kier alpha value is -3.39. The number of fused-ring (bicyclic) bond motifs is 1. The van der Waals surface area contributed by atoms with E-state index in [2.05, 4.69) is 29.7 Å². The van der Waals surface area contributed by atoms with Crippen molar-refractivity contribution in [2.45, 2.75) is 25.8 Å². The minimum Gasteiger partial charge on any atom is -0.353 e. The van der Waals surface area contributed by atoms with Gasteiger partial charge in [0, 0.05) is 44.6 Å². The van der Waals surface area contributed by atoms with Gasteiger partial charge in [-0.05, 0) is 61.7 Å². The molecule has 33 heavy (non-hydrogen) atoms. The number of nitrogens with zero attached hydrogens (tertiary/aromatic N) is 6. The second-order valence-corrected chi connectivity index (χ2v) is 8.59. The van der Waals surface area contributed by atoms with Crippen molar-refractivity contribution in [2.75, 3.05) is 31.5 Å². The molecule has 8 heteroatoms. The van der Waals surface area contributed by atoms with Gasteiger partial charge in [0.05, 0.1) is 17.2 Å². The van der Waals surface area contributed by atoms with Crippen molar-refractivity contribution in [2.24, 2.45) is 5.92 Å². The number of halogens is 1. The fourth-order valence-corrected chi connectivity index (χ4v) is 4.51. The van der Waals surface area contributed by atoms with Gasteiger partial charge in [0.1, 0.15) is 11.6 Å². The van der Waals surface area contributed by atoms with Crippen LogP contribution in [0.25, 0.3) is 11.0 Å². The molecule has 1 saturated heterocycles. The second-order valence-electron chi connectivity index (χ2n) is 8.59. The van der Waals surface area contributed by atoms with E-state index in [0.717, 1.165) is 67.9 Å². The predicted octanol–water partition coefficient (Wildman–Crippen LogP) is 3.78. The molecule has 0 bridgehead atoms. The molecule has 4 heterocycles. The predicted molar refractivity (Wildman–Crippen MR) is 126 cm³/mol. The van der Waals surface area contributed by atoms with Gasteiger partial charge in [-0.3, -0.25) is 4.98 Å². The normalized spacial score (nSPS) is 15.2. The van der Waals surface area contributed by atoms with Gasteiger partial charge in [0.15, 0.2) is 0 Å². The summed E-state index contributed by atoms with van der Waals surface area (Å²) in [6.45, 7) is 4.67. The lowest BCUT2D eigenvalue weighted by atomic mass is 9.93. The topological polar surface area (TPSA) is 71.8 Å². The number of hydrogen-bond donors (Lipinski definition) is 1. The zero-order valence-corrected chi connectivity index (χ0v) is 18.6. The van der Waals surface area contributed by atoms with E-state index >= 15 is 0 Å². The van der Waals surface area contributed by atoms with Crippen molar-refractivity contribution in [3.05, 3.63) is 78.4 Å². The molecule has 3 aromatic heterocycles. The third-order valence-electron chi connectivity index (χ3n) is 6.34. The molecule has 1 fully saturated rings. The highest BCUT2D eigenvalue weighted by Gasteiger charge is 2.22. The summed E-state index contributed by atoms with van der Waals surface area (Å²) in [6.07, 6.45) is 10.4. The molecule has 1 aliphatic heterocycles. The lowest BCUT2D eigenvalue weighted by Crippen LogP contribution is -2.37. The molecule has 1 N–H and O–H groups in total. The molecule has 0 atom stereocenters. The van der Waals surface area contributed by atoms with Gasteiger partial charge in [-0.1, -0.05) is 12.1 Å². The van der Waals surface area contributed by atoms with E-state index in [0.29, 0.717) is 18.4 Å². The Balaban J connectivity index is 1.20. The van der Waals surface area contributed by atoms with Crippen LogP contribution in [-0.2, 0) is 13.0 Å². The molecule has 7 nitrogen and oxygen atoms in total. The third-order valence-corrected chi connectivity index (χ3v) is 6.34. The molecule has 1 aliphatic rings. The van der Waals surface area contributed by atoms with Gasteiger partial charge < -0.3 is 14.8 Å². The zero-order valence-electron chi connectivity index (χ0n) is 18.6. The van der Waals surface area contributed by atoms with Crippen molar-refractivity contribution in [1.29, 1.82) is 0 Å². The monoisotopic (exact) mass is 445 g/mol. The highest BCUT2D eigenvalue weighted by atomic mass is 19.1. The largest absolute Gasteiger partial charge is 0.353 e. The summed E-state index contributed by atoms with van der Waals surface area (Å²) in [5, 5.41) is 3.29. The first-order chi connectivity index (χ1) is 16.2. The molecule has 0 amide bonds. The number of likely N-dealkylation sites (tertiary alicyclic amines) is 1. The highest BCUT2D eigenvalue weighted by Crippen LogP contribution is 2.25. The van der Waals surface area contributed by atoms with E-state index in [1.54, 1.807) is 18.6 Å². The molecule has 1 aromatic carbocycles. The molecule has 0 radical (unpaired) electrons. The first-order valence-corrected chi connectivity index (χ1v) is 11.5. The number of aromatic nitrogens is 5. The lowest BCUT2D eigenvalue weighted by Gasteiger charge is -2.31. The van der Waals surface area contributed by atoms with Gasteiger partial charge in [-0.15, -0.1) is 0 Å². The van der Waals surface area contributed by atoms with Crippen LogP contribution in [0.15, 0.2) is 61.2 Å². The maximum atomic E-state index is 13.4. The van der Waals surface area contributed by atoms with Crippen molar-refractivity contribution >= 4 is 17.0 Å². The molecule has 0 aliphatic carbocycles. The maximum Gasteiger partial charge on any atom is 0.222 e. The summed E-state index contributed by atoms with van der Waals surface area (Å²) in [7, 11) is 0. The quantitative estimate of drug-likeness (QED) is 0.445. The van der Waals surface area contributed by atoms with Crippen LogP contribution in [0.3, 0.4) is 0 Å². The molecule has 5 rings (SSSR count). The van der Waals surface area contributed by atoms with Crippen LogP contribution in [0.4, 0.5) is 10.3 Å². The Bertz CT molecular complexity index is 1170. The average molecular weight is 446 g/mol. The first kappa shape index (κ1) is 21.5. The Morgan fingerprint density at radius 3 is 2.58 bits per heavy atom. The summed E-state index contributed by atoms with van der Waals surface area (Å²) in [5.41, 5.74) is 3.06. The smallest absolute Gasteiger partial charge is 0.222 e. The Kier molecular flexibility index (Phi) is 6.53. The summed E-state index contributed by atoms with van der Waals surface area (Å²) >= 11 is 0. The van der Waals surface area contributed by atoms with Gasteiger partial charge in [0.25, 0.3) is 0 Å². The fraction of sp³-hybridized carbons (Fsp3) is 0.360. The van der Waals surface area contributed by atoms with Gasteiger partial charge >= 0.3 is 0 Å². The van der Waals surface area contributed by atoms with E-state index in [4.69, 9.17) is 4.98 Å². The first-order valence-electron chi connectivity index (χ1n) is 11.5. The van der Waals surface area contributed by atoms with Crippen LogP contribution in [-0.4, -0.2) is 55.6 Å². The molecule has 0 saturated carbocycles. The molecule has 0 spiro atoms. The van der Waals surface area contributed by atoms with Crippen molar-refractivity contribution < 1.29 is 4.39 Å². The number of piperidine rings is 1. The zero-order chi connectivity index (χ0) is 22.5. The van der Waals surface area contributed by atoms with Crippen LogP contribution in [0, 0.1) is 11.7 Å². The Labute approximate surface area is 192 Å². The van der Waals surface area contributed by atoms with Crippen molar-refractivity contribution in [3.63, 3.8) is 0 Å². The molecule has 0 unspecified atom stereocenters. The van der Waals surface area contributed by atoms with Crippen LogP contribution in [0.1, 0.15) is 24.2 Å². The summed E-state index contributed by atoms with van der Waals surface area (Å²) in [5.74, 6) is 2.16. The van der Waals surface area contributed by atoms with Crippen molar-refractivity contribution in [1.82, 2.24) is 29.4 Å². The molecular formula is C25H28FN7. The SMILES string of the molecule is Fc1ccc(Cn2c(CC3CCN(CCNc4ncccn4)CC3)nc3ccncc32)cc1. The summed E-state index contributed by atoms with van der Waals surface area (Å²) < 4.78 is 15.6. The van der Waals surface area contributed by atoms with Crippen LogP contribution in [0.2, 0.25) is 0 Å². The number of anilines is 1. The van der Waals surface area contributed by atoms with Gasteiger partial charge in [-0.2, -0.15) is 0 Å². The second kappa shape index (κ2) is 10.0. The Morgan fingerprint density at radius 1 is 1.00 bits per heavy atom. The van der Waals surface area contributed by atoms with Gasteiger partial charge in [0.2, 0.25) is 5.95 Å². The van der Waals surface area contributed by atoms with Crippen LogP contribution in [0.5, 0.6) is 0 Å². The summed E-state index contributed by atoms with van der Waals surface area (Å²) in [6, 6.07) is 10.5. The van der Waals surface area contributed by atoms with E-state index < -0.39 is 0 Å².